The van der Waals surface area contributed by atoms with E-state index in [9.17, 15) is 4.39 Å². The summed E-state index contributed by atoms with van der Waals surface area (Å²) < 4.78 is 12.7. The molecule has 21 heavy (non-hydrogen) atoms. The number of halogens is 1. The van der Waals surface area contributed by atoms with Crippen LogP contribution in [0.25, 0.3) is 0 Å². The second-order valence-corrected chi connectivity index (χ2v) is 4.93. The van der Waals surface area contributed by atoms with E-state index < -0.39 is 5.82 Å². The summed E-state index contributed by atoms with van der Waals surface area (Å²) in [5.74, 6) is 0.518. The molecule has 3 rings (SSSR count). The van der Waals surface area contributed by atoms with Crippen molar-refractivity contribution in [2.75, 3.05) is 31.5 Å². The first-order valence-electron chi connectivity index (χ1n) is 6.92. The molecule has 1 aliphatic heterocycles. The van der Waals surface area contributed by atoms with Crippen molar-refractivity contribution >= 4 is 11.8 Å². The summed E-state index contributed by atoms with van der Waals surface area (Å²) in [6, 6.07) is 3.91. The largest absolute Gasteiger partial charge is 0.314 e. The van der Waals surface area contributed by atoms with Crippen LogP contribution in [0.1, 0.15) is 5.56 Å². The van der Waals surface area contributed by atoms with Crippen molar-refractivity contribution in [3.63, 3.8) is 0 Å². The van der Waals surface area contributed by atoms with E-state index in [-0.39, 0.29) is 0 Å². The van der Waals surface area contributed by atoms with Gasteiger partial charge in [0.2, 0.25) is 5.95 Å². The van der Waals surface area contributed by atoms with Gasteiger partial charge in [-0.3, -0.25) is 4.90 Å². The van der Waals surface area contributed by atoms with Gasteiger partial charge < -0.3 is 10.6 Å². The van der Waals surface area contributed by atoms with E-state index in [4.69, 9.17) is 0 Å². The van der Waals surface area contributed by atoms with Crippen LogP contribution >= 0.6 is 0 Å². The Morgan fingerprint density at radius 2 is 1.86 bits per heavy atom. The van der Waals surface area contributed by atoms with Crippen molar-refractivity contribution in [3.8, 4) is 0 Å². The van der Waals surface area contributed by atoms with Crippen LogP contribution in [0, 0.1) is 5.82 Å². The number of pyridine rings is 1. The van der Waals surface area contributed by atoms with Gasteiger partial charge in [-0.2, -0.15) is 0 Å². The Morgan fingerprint density at radius 3 is 2.52 bits per heavy atom. The molecule has 0 saturated carbocycles. The van der Waals surface area contributed by atoms with E-state index in [1.165, 1.54) is 5.56 Å². The minimum atomic E-state index is -0.458. The number of hydrogen-bond donors (Lipinski definition) is 2. The minimum Gasteiger partial charge on any atom is -0.314 e. The lowest BCUT2D eigenvalue weighted by atomic mass is 10.2. The molecule has 0 aliphatic carbocycles. The van der Waals surface area contributed by atoms with E-state index in [0.717, 1.165) is 45.1 Å². The van der Waals surface area contributed by atoms with E-state index in [2.05, 4.69) is 30.5 Å². The molecule has 6 nitrogen and oxygen atoms in total. The van der Waals surface area contributed by atoms with Crippen molar-refractivity contribution < 1.29 is 4.39 Å². The van der Waals surface area contributed by atoms with E-state index in [1.807, 2.05) is 18.3 Å². The summed E-state index contributed by atoms with van der Waals surface area (Å²) in [6.07, 6.45) is 4.08. The van der Waals surface area contributed by atoms with Gasteiger partial charge in [0.05, 0.1) is 12.4 Å². The Kier molecular flexibility index (Phi) is 4.32. The third-order valence-electron chi connectivity index (χ3n) is 3.30. The van der Waals surface area contributed by atoms with Gasteiger partial charge in [-0.25, -0.2) is 19.3 Å². The van der Waals surface area contributed by atoms with Crippen LogP contribution in [0.2, 0.25) is 0 Å². The normalized spacial score (nSPS) is 15.9. The van der Waals surface area contributed by atoms with Gasteiger partial charge in [-0.1, -0.05) is 6.07 Å². The monoisotopic (exact) mass is 288 g/mol. The molecule has 1 aliphatic rings. The highest BCUT2D eigenvalue weighted by molar-refractivity contribution is 5.47. The Bertz CT molecular complexity index is 565. The molecule has 0 unspecified atom stereocenters. The fraction of sp³-hybridized carbons (Fsp3) is 0.357. The highest BCUT2D eigenvalue weighted by Crippen LogP contribution is 2.11. The summed E-state index contributed by atoms with van der Waals surface area (Å²) in [7, 11) is 0. The van der Waals surface area contributed by atoms with Crippen LogP contribution in [-0.2, 0) is 6.54 Å². The Hall–Kier alpha value is -2.12. The Labute approximate surface area is 122 Å². The van der Waals surface area contributed by atoms with Crippen LogP contribution in [0.5, 0.6) is 0 Å². The standard InChI is InChI=1S/C14H17FN6/c15-12-8-18-14(19-9-12)20-13-2-1-11(7-17-13)10-21-5-3-16-4-6-21/h1-2,7-9,16H,3-6,10H2,(H,17,18,19,20). The number of piperazine rings is 1. The van der Waals surface area contributed by atoms with Gasteiger partial charge in [-0.15, -0.1) is 0 Å². The zero-order chi connectivity index (χ0) is 14.5. The molecule has 2 aromatic rings. The summed E-state index contributed by atoms with van der Waals surface area (Å²) in [4.78, 5) is 14.4. The van der Waals surface area contributed by atoms with Crippen LogP contribution in [0.3, 0.4) is 0 Å². The zero-order valence-corrected chi connectivity index (χ0v) is 11.6. The maximum Gasteiger partial charge on any atom is 0.228 e. The van der Waals surface area contributed by atoms with Gasteiger partial charge in [-0.05, 0) is 11.6 Å². The molecule has 0 aromatic carbocycles. The van der Waals surface area contributed by atoms with E-state index >= 15 is 0 Å². The predicted molar refractivity (Wildman–Crippen MR) is 77.7 cm³/mol. The van der Waals surface area contributed by atoms with Crippen molar-refractivity contribution in [3.05, 3.63) is 42.1 Å². The minimum absolute atomic E-state index is 0.332. The molecular weight excluding hydrogens is 271 g/mol. The van der Waals surface area contributed by atoms with Crippen LogP contribution in [-0.4, -0.2) is 46.0 Å². The highest BCUT2D eigenvalue weighted by Gasteiger charge is 2.10. The van der Waals surface area contributed by atoms with E-state index in [0.29, 0.717) is 11.8 Å². The summed E-state index contributed by atoms with van der Waals surface area (Å²) >= 11 is 0. The molecule has 0 spiro atoms. The van der Waals surface area contributed by atoms with Crippen LogP contribution < -0.4 is 10.6 Å². The average molecular weight is 288 g/mol. The number of nitrogens with one attached hydrogen (secondary N) is 2. The van der Waals surface area contributed by atoms with Gasteiger partial charge in [0.15, 0.2) is 5.82 Å². The highest BCUT2D eigenvalue weighted by atomic mass is 19.1. The van der Waals surface area contributed by atoms with Crippen molar-refractivity contribution in [2.24, 2.45) is 0 Å². The van der Waals surface area contributed by atoms with Gasteiger partial charge in [0, 0.05) is 38.9 Å². The van der Waals surface area contributed by atoms with Crippen molar-refractivity contribution in [1.82, 2.24) is 25.2 Å². The molecule has 110 valence electrons. The third-order valence-corrected chi connectivity index (χ3v) is 3.30. The lowest BCUT2D eigenvalue weighted by Gasteiger charge is -2.27. The molecule has 0 atom stereocenters. The molecule has 0 amide bonds. The number of hydrogen-bond acceptors (Lipinski definition) is 6. The van der Waals surface area contributed by atoms with Gasteiger partial charge in [0.25, 0.3) is 0 Å². The lowest BCUT2D eigenvalue weighted by molar-refractivity contribution is 0.233. The molecule has 3 heterocycles. The maximum atomic E-state index is 12.7. The number of anilines is 2. The topological polar surface area (TPSA) is 66.0 Å². The van der Waals surface area contributed by atoms with Crippen molar-refractivity contribution in [1.29, 1.82) is 0 Å². The first-order chi connectivity index (χ1) is 10.3. The Morgan fingerprint density at radius 1 is 1.10 bits per heavy atom. The summed E-state index contributed by atoms with van der Waals surface area (Å²) in [5.41, 5.74) is 1.17. The Balaban J connectivity index is 1.59. The SMILES string of the molecule is Fc1cnc(Nc2ccc(CN3CCNCC3)cn2)nc1. The first kappa shape index (κ1) is 13.8. The molecule has 0 radical (unpaired) electrons. The number of aromatic nitrogens is 3. The second kappa shape index (κ2) is 6.55. The van der Waals surface area contributed by atoms with Crippen LogP contribution in [0.15, 0.2) is 30.7 Å². The molecule has 2 N–H and O–H groups in total. The molecule has 2 aromatic heterocycles. The maximum absolute atomic E-state index is 12.7. The van der Waals surface area contributed by atoms with Crippen molar-refractivity contribution in [2.45, 2.75) is 6.54 Å². The molecule has 1 saturated heterocycles. The average Bonchev–Trinajstić information content (AvgIpc) is 2.53. The lowest BCUT2D eigenvalue weighted by Crippen LogP contribution is -2.42. The zero-order valence-electron chi connectivity index (χ0n) is 11.6. The molecule has 1 fully saturated rings. The predicted octanol–water partition coefficient (Wildman–Crippen LogP) is 1.16. The van der Waals surface area contributed by atoms with Crippen LogP contribution in [0.4, 0.5) is 16.2 Å². The van der Waals surface area contributed by atoms with E-state index in [1.54, 1.807) is 0 Å². The smallest absolute Gasteiger partial charge is 0.228 e. The summed E-state index contributed by atoms with van der Waals surface area (Å²) in [5, 5.41) is 6.27. The third kappa shape index (κ3) is 3.93. The molecular formula is C14H17FN6. The van der Waals surface area contributed by atoms with Gasteiger partial charge in [0.1, 0.15) is 5.82 Å². The second-order valence-electron chi connectivity index (χ2n) is 4.93. The fourth-order valence-electron chi connectivity index (χ4n) is 2.21. The van der Waals surface area contributed by atoms with Gasteiger partial charge >= 0.3 is 0 Å². The molecule has 7 heteroatoms. The fourth-order valence-corrected chi connectivity index (χ4v) is 2.21. The first-order valence-corrected chi connectivity index (χ1v) is 6.92. The number of nitrogens with zero attached hydrogens (tertiary/aromatic N) is 4. The summed E-state index contributed by atoms with van der Waals surface area (Å²) in [6.45, 7) is 5.10. The molecule has 0 bridgehead atoms. The quantitative estimate of drug-likeness (QED) is 0.880. The number of rotatable bonds is 4.